The number of fused-ring (bicyclic) bond motifs is 1. The van der Waals surface area contributed by atoms with Crippen LogP contribution in [0.1, 0.15) is 15.2 Å². The van der Waals surface area contributed by atoms with Gasteiger partial charge in [-0.3, -0.25) is 0 Å². The molecule has 1 heterocycles. The molecule has 1 N–H and O–H groups in total. The molecule has 2 rings (SSSR count). The van der Waals surface area contributed by atoms with Crippen molar-refractivity contribution < 1.29 is 14.6 Å². The van der Waals surface area contributed by atoms with Gasteiger partial charge in [-0.1, -0.05) is 0 Å². The van der Waals surface area contributed by atoms with Gasteiger partial charge in [-0.05, 0) is 36.1 Å². The van der Waals surface area contributed by atoms with Crippen molar-refractivity contribution in [3.05, 3.63) is 28.6 Å². The maximum absolute atomic E-state index is 10.8. The monoisotopic (exact) mass is 222 g/mol. The quantitative estimate of drug-likeness (QED) is 0.849. The Balaban J connectivity index is 2.66. The van der Waals surface area contributed by atoms with Gasteiger partial charge in [-0.15, -0.1) is 11.3 Å². The van der Waals surface area contributed by atoms with Crippen LogP contribution in [-0.2, 0) is 0 Å². The van der Waals surface area contributed by atoms with Crippen LogP contribution < -0.4 is 4.74 Å². The molecule has 0 aliphatic heterocycles. The first-order valence-corrected chi connectivity index (χ1v) is 5.25. The Morgan fingerprint density at radius 3 is 2.73 bits per heavy atom. The van der Waals surface area contributed by atoms with E-state index in [2.05, 4.69) is 0 Å². The molecule has 1 aromatic heterocycles. The number of thiophene rings is 1. The molecule has 0 atom stereocenters. The van der Waals surface area contributed by atoms with Crippen molar-refractivity contribution in [1.29, 1.82) is 0 Å². The second kappa shape index (κ2) is 3.55. The van der Waals surface area contributed by atoms with Crippen LogP contribution in [0.15, 0.2) is 18.2 Å². The molecule has 78 valence electrons. The van der Waals surface area contributed by atoms with E-state index in [1.165, 1.54) is 11.3 Å². The average molecular weight is 222 g/mol. The van der Waals surface area contributed by atoms with Crippen molar-refractivity contribution in [2.45, 2.75) is 6.92 Å². The smallest absolute Gasteiger partial charge is 0.345 e. The van der Waals surface area contributed by atoms with Gasteiger partial charge in [0.15, 0.2) is 0 Å². The van der Waals surface area contributed by atoms with Crippen molar-refractivity contribution in [3.8, 4) is 5.75 Å². The van der Waals surface area contributed by atoms with E-state index in [0.717, 1.165) is 21.4 Å². The number of carboxylic acid groups (broad SMARTS) is 1. The molecule has 0 spiro atoms. The van der Waals surface area contributed by atoms with E-state index in [9.17, 15) is 4.79 Å². The summed E-state index contributed by atoms with van der Waals surface area (Å²) in [5.41, 5.74) is 1.02. The van der Waals surface area contributed by atoms with Gasteiger partial charge in [0, 0.05) is 4.70 Å². The lowest BCUT2D eigenvalue weighted by Gasteiger charge is -2.03. The Morgan fingerprint density at radius 2 is 2.13 bits per heavy atom. The zero-order valence-corrected chi connectivity index (χ0v) is 9.22. The van der Waals surface area contributed by atoms with Gasteiger partial charge >= 0.3 is 5.97 Å². The van der Waals surface area contributed by atoms with E-state index in [-0.39, 0.29) is 0 Å². The minimum Gasteiger partial charge on any atom is -0.496 e. The van der Waals surface area contributed by atoms with Crippen LogP contribution in [0.3, 0.4) is 0 Å². The standard InChI is InChI=1S/C11H10O3S/c1-6-3-9-7(4-8(6)14-2)5-10(15-9)11(12)13/h3-5H,1-2H3,(H,12,13). The number of carbonyl (C=O) groups is 1. The van der Waals surface area contributed by atoms with Gasteiger partial charge in [-0.2, -0.15) is 0 Å². The lowest BCUT2D eigenvalue weighted by atomic mass is 10.1. The van der Waals surface area contributed by atoms with Crippen molar-refractivity contribution in [2.75, 3.05) is 7.11 Å². The van der Waals surface area contributed by atoms with Crippen molar-refractivity contribution in [3.63, 3.8) is 0 Å². The molecule has 3 nitrogen and oxygen atoms in total. The van der Waals surface area contributed by atoms with Gasteiger partial charge in [0.1, 0.15) is 10.6 Å². The number of rotatable bonds is 2. The predicted molar refractivity (Wildman–Crippen MR) is 60.1 cm³/mol. The summed E-state index contributed by atoms with van der Waals surface area (Å²) in [6.45, 7) is 1.94. The third-order valence-electron chi connectivity index (χ3n) is 2.24. The van der Waals surface area contributed by atoms with Gasteiger partial charge in [-0.25, -0.2) is 4.79 Å². The average Bonchev–Trinajstić information content (AvgIpc) is 2.59. The van der Waals surface area contributed by atoms with Crippen LogP contribution >= 0.6 is 11.3 Å². The Morgan fingerprint density at radius 1 is 1.40 bits per heavy atom. The van der Waals surface area contributed by atoms with Gasteiger partial charge < -0.3 is 9.84 Å². The molecule has 0 amide bonds. The molecule has 0 radical (unpaired) electrons. The molecular weight excluding hydrogens is 212 g/mol. The second-order valence-electron chi connectivity index (χ2n) is 3.28. The normalized spacial score (nSPS) is 10.5. The Kier molecular flexibility index (Phi) is 2.36. The van der Waals surface area contributed by atoms with Crippen molar-refractivity contribution in [1.82, 2.24) is 0 Å². The fourth-order valence-electron chi connectivity index (χ4n) is 1.49. The minimum atomic E-state index is -0.882. The van der Waals surface area contributed by atoms with Gasteiger partial charge in [0.05, 0.1) is 7.11 Å². The molecule has 0 unspecified atom stereocenters. The summed E-state index contributed by atoms with van der Waals surface area (Å²) in [6, 6.07) is 5.49. The summed E-state index contributed by atoms with van der Waals surface area (Å²) in [5, 5.41) is 9.78. The Labute approximate surface area is 90.9 Å². The van der Waals surface area contributed by atoms with Crippen LogP contribution in [0, 0.1) is 6.92 Å². The maximum atomic E-state index is 10.8. The van der Waals surface area contributed by atoms with Crippen LogP contribution in [0.5, 0.6) is 5.75 Å². The highest BCUT2D eigenvalue weighted by Crippen LogP contribution is 2.31. The summed E-state index contributed by atoms with van der Waals surface area (Å²) < 4.78 is 6.16. The third-order valence-corrected chi connectivity index (χ3v) is 3.33. The largest absolute Gasteiger partial charge is 0.496 e. The molecule has 4 heteroatoms. The number of hydrogen-bond donors (Lipinski definition) is 1. The highest BCUT2D eigenvalue weighted by atomic mass is 32.1. The third kappa shape index (κ3) is 1.68. The van der Waals surface area contributed by atoms with Crippen LogP contribution in [0.25, 0.3) is 10.1 Å². The molecule has 15 heavy (non-hydrogen) atoms. The molecular formula is C11H10O3S. The van der Waals surface area contributed by atoms with Gasteiger partial charge in [0.2, 0.25) is 0 Å². The molecule has 0 saturated heterocycles. The number of methoxy groups -OCH3 is 1. The Bertz CT molecular complexity index is 528. The first kappa shape index (κ1) is 9.98. The highest BCUT2D eigenvalue weighted by Gasteiger charge is 2.10. The number of hydrogen-bond acceptors (Lipinski definition) is 3. The lowest BCUT2D eigenvalue weighted by Crippen LogP contribution is -1.89. The second-order valence-corrected chi connectivity index (χ2v) is 4.36. The van der Waals surface area contributed by atoms with Crippen molar-refractivity contribution in [2.24, 2.45) is 0 Å². The van der Waals surface area contributed by atoms with E-state index in [4.69, 9.17) is 9.84 Å². The van der Waals surface area contributed by atoms with E-state index in [1.54, 1.807) is 13.2 Å². The van der Waals surface area contributed by atoms with E-state index < -0.39 is 5.97 Å². The maximum Gasteiger partial charge on any atom is 0.345 e. The van der Waals surface area contributed by atoms with E-state index >= 15 is 0 Å². The molecule has 1 aromatic carbocycles. The first-order chi connectivity index (χ1) is 7.11. The molecule has 0 aliphatic rings. The highest BCUT2D eigenvalue weighted by molar-refractivity contribution is 7.20. The minimum absolute atomic E-state index is 0.359. The predicted octanol–water partition coefficient (Wildman–Crippen LogP) is 2.92. The summed E-state index contributed by atoms with van der Waals surface area (Å²) in [6.07, 6.45) is 0. The Hall–Kier alpha value is -1.55. The zero-order chi connectivity index (χ0) is 11.0. The fraction of sp³-hybridized carbons (Fsp3) is 0.182. The molecule has 0 aliphatic carbocycles. The lowest BCUT2D eigenvalue weighted by molar-refractivity contribution is 0.0702. The number of ether oxygens (including phenoxy) is 1. The summed E-state index contributed by atoms with van der Waals surface area (Å²) in [7, 11) is 1.61. The SMILES string of the molecule is COc1cc2cc(C(=O)O)sc2cc1C. The zero-order valence-electron chi connectivity index (χ0n) is 8.40. The van der Waals surface area contributed by atoms with E-state index in [1.807, 2.05) is 19.1 Å². The molecule has 0 saturated carbocycles. The van der Waals surface area contributed by atoms with Crippen LogP contribution in [0.4, 0.5) is 0 Å². The molecule has 0 fully saturated rings. The summed E-state index contributed by atoms with van der Waals surface area (Å²) in [5.74, 6) is -0.0925. The molecule has 2 aromatic rings. The summed E-state index contributed by atoms with van der Waals surface area (Å²) >= 11 is 1.28. The van der Waals surface area contributed by atoms with E-state index in [0.29, 0.717) is 4.88 Å². The van der Waals surface area contributed by atoms with Crippen molar-refractivity contribution >= 4 is 27.4 Å². The first-order valence-electron chi connectivity index (χ1n) is 4.43. The van der Waals surface area contributed by atoms with Crippen LogP contribution in [0.2, 0.25) is 0 Å². The number of aromatic carboxylic acids is 1. The fourth-order valence-corrected chi connectivity index (χ4v) is 2.47. The number of benzene rings is 1. The van der Waals surface area contributed by atoms with Gasteiger partial charge in [0.25, 0.3) is 0 Å². The number of carboxylic acids is 1. The summed E-state index contributed by atoms with van der Waals surface area (Å²) in [4.78, 5) is 11.1. The topological polar surface area (TPSA) is 46.5 Å². The molecule has 0 bridgehead atoms. The number of aryl methyl sites for hydroxylation is 1. The van der Waals surface area contributed by atoms with Crippen LogP contribution in [-0.4, -0.2) is 18.2 Å².